The van der Waals surface area contributed by atoms with Gasteiger partial charge in [0.1, 0.15) is 22.4 Å². The van der Waals surface area contributed by atoms with Crippen LogP contribution in [0.4, 0.5) is 15.9 Å². The summed E-state index contributed by atoms with van der Waals surface area (Å²) in [6.07, 6.45) is 2.83. The number of unbranched alkanes of at least 4 members (excludes halogenated alkanes) is 1. The Balaban J connectivity index is 1.81. The number of nitrogen functional groups attached to an aromatic ring is 1. The van der Waals surface area contributed by atoms with E-state index in [2.05, 4.69) is 20.0 Å². The molecular weight excluding hydrogens is 386 g/mol. The minimum absolute atomic E-state index is 0.105. The quantitative estimate of drug-likeness (QED) is 0.301. The normalized spacial score (nSPS) is 10.5. The number of nitrogens with one attached hydrogen (secondary N) is 1. The Bertz CT molecular complexity index is 792. The van der Waals surface area contributed by atoms with E-state index in [9.17, 15) is 9.18 Å². The zero-order valence-corrected chi connectivity index (χ0v) is 15.4. The Labute approximate surface area is 159 Å². The van der Waals surface area contributed by atoms with E-state index < -0.39 is 11.8 Å². The number of carbonyl (C=O) groups excluding carboxylic acids is 1. The maximum atomic E-state index is 13.7. The molecule has 140 valence electrons. The van der Waals surface area contributed by atoms with Crippen molar-refractivity contribution in [2.24, 2.45) is 0 Å². The van der Waals surface area contributed by atoms with Gasteiger partial charge >= 0.3 is 5.97 Å². The first-order chi connectivity index (χ1) is 12.4. The highest BCUT2D eigenvalue weighted by Crippen LogP contribution is 2.26. The molecule has 2 rings (SSSR count). The minimum atomic E-state index is -0.794. The summed E-state index contributed by atoms with van der Waals surface area (Å²) >= 11 is 11.7. The summed E-state index contributed by atoms with van der Waals surface area (Å²) in [6, 6.07) is 2.27. The number of ether oxygens (including phenoxy) is 2. The van der Waals surface area contributed by atoms with Gasteiger partial charge in [-0.25, -0.2) is 14.2 Å². The van der Waals surface area contributed by atoms with Gasteiger partial charge in [-0.05, 0) is 30.5 Å². The number of nitrogens with two attached hydrogens (primary N) is 1. The van der Waals surface area contributed by atoms with Crippen LogP contribution >= 0.6 is 23.2 Å². The molecule has 0 spiro atoms. The summed E-state index contributed by atoms with van der Waals surface area (Å²) in [7, 11) is 1.17. The first-order valence-electron chi connectivity index (χ1n) is 7.64. The Kier molecular flexibility index (Phi) is 7.23. The molecular formula is C16H17Cl2FN4O3. The van der Waals surface area contributed by atoms with Crippen molar-refractivity contribution in [2.75, 3.05) is 31.3 Å². The van der Waals surface area contributed by atoms with Crippen LogP contribution in [-0.2, 0) is 4.74 Å². The second-order valence-corrected chi connectivity index (χ2v) is 5.92. The molecule has 1 heterocycles. The van der Waals surface area contributed by atoms with Gasteiger partial charge in [0.2, 0.25) is 5.28 Å². The lowest BCUT2D eigenvalue weighted by atomic mass is 10.1. The van der Waals surface area contributed by atoms with Gasteiger partial charge in [0.25, 0.3) is 0 Å². The third-order valence-corrected chi connectivity index (χ3v) is 3.80. The van der Waals surface area contributed by atoms with Gasteiger partial charge in [0.05, 0.1) is 31.2 Å². The lowest BCUT2D eigenvalue weighted by Gasteiger charge is -2.11. The van der Waals surface area contributed by atoms with Gasteiger partial charge in [-0.1, -0.05) is 11.6 Å². The molecule has 0 atom stereocenters. The number of methoxy groups -OCH3 is 1. The van der Waals surface area contributed by atoms with Crippen molar-refractivity contribution in [2.45, 2.75) is 12.8 Å². The van der Waals surface area contributed by atoms with Crippen LogP contribution in [0.3, 0.4) is 0 Å². The molecule has 0 unspecified atom stereocenters. The standard InChI is InChI=1S/C16H17Cl2FN4O3/c1-25-15(24)9-6-13(12(20)7-11(9)19)26-5-3-2-4-21-14-10(17)8-22-16(18)23-14/h6-8H,2-5,20H2,1H3,(H,21,22,23). The Hall–Kier alpha value is -2.32. The van der Waals surface area contributed by atoms with Crippen molar-refractivity contribution in [1.29, 1.82) is 0 Å². The fourth-order valence-electron chi connectivity index (χ4n) is 2.05. The third kappa shape index (κ3) is 5.34. The van der Waals surface area contributed by atoms with E-state index in [1.54, 1.807) is 0 Å². The minimum Gasteiger partial charge on any atom is -0.491 e. The molecule has 0 saturated carbocycles. The average molecular weight is 403 g/mol. The fourth-order valence-corrected chi connectivity index (χ4v) is 2.34. The lowest BCUT2D eigenvalue weighted by molar-refractivity contribution is 0.0595. The Morgan fingerprint density at radius 3 is 2.85 bits per heavy atom. The van der Waals surface area contributed by atoms with Crippen LogP contribution in [0.25, 0.3) is 0 Å². The monoisotopic (exact) mass is 402 g/mol. The third-order valence-electron chi connectivity index (χ3n) is 3.34. The van der Waals surface area contributed by atoms with Crippen molar-refractivity contribution in [3.63, 3.8) is 0 Å². The predicted octanol–water partition coefficient (Wildman–Crippen LogP) is 3.56. The second kappa shape index (κ2) is 9.40. The van der Waals surface area contributed by atoms with Crippen molar-refractivity contribution >= 4 is 40.7 Å². The summed E-state index contributed by atoms with van der Waals surface area (Å²) in [5.74, 6) is -0.869. The Morgan fingerprint density at radius 1 is 1.35 bits per heavy atom. The molecule has 2 aromatic rings. The first-order valence-corrected chi connectivity index (χ1v) is 8.40. The molecule has 0 aliphatic carbocycles. The van der Waals surface area contributed by atoms with Crippen molar-refractivity contribution in [1.82, 2.24) is 9.97 Å². The van der Waals surface area contributed by atoms with E-state index in [0.717, 1.165) is 12.5 Å². The number of nitrogens with zero attached hydrogens (tertiary/aromatic N) is 2. The van der Waals surface area contributed by atoms with Crippen molar-refractivity contribution in [3.05, 3.63) is 40.0 Å². The molecule has 0 amide bonds. The van der Waals surface area contributed by atoms with Crippen LogP contribution in [0, 0.1) is 5.82 Å². The van der Waals surface area contributed by atoms with Crippen LogP contribution in [-0.4, -0.2) is 36.2 Å². The second-order valence-electron chi connectivity index (χ2n) is 5.18. The van der Waals surface area contributed by atoms with Crippen molar-refractivity contribution in [3.8, 4) is 5.75 Å². The van der Waals surface area contributed by atoms with E-state index >= 15 is 0 Å². The number of aromatic nitrogens is 2. The average Bonchev–Trinajstić information content (AvgIpc) is 2.61. The van der Waals surface area contributed by atoms with E-state index in [0.29, 0.717) is 30.4 Å². The van der Waals surface area contributed by atoms with Crippen molar-refractivity contribution < 1.29 is 18.7 Å². The number of anilines is 2. The molecule has 0 aliphatic heterocycles. The molecule has 10 heteroatoms. The molecule has 0 bridgehead atoms. The first kappa shape index (κ1) is 20.0. The number of carbonyl (C=O) groups is 1. The molecule has 1 aromatic heterocycles. The van der Waals surface area contributed by atoms with Gasteiger partial charge in [0.15, 0.2) is 0 Å². The summed E-state index contributed by atoms with van der Waals surface area (Å²) in [5, 5.41) is 3.52. The number of hydrogen-bond donors (Lipinski definition) is 2. The Morgan fingerprint density at radius 2 is 2.12 bits per heavy atom. The van der Waals surface area contributed by atoms with Crippen LogP contribution in [0.2, 0.25) is 10.3 Å². The zero-order chi connectivity index (χ0) is 19.1. The molecule has 3 N–H and O–H groups in total. The van der Waals surface area contributed by atoms with Crippen LogP contribution in [0.5, 0.6) is 5.75 Å². The number of esters is 1. The number of rotatable bonds is 8. The van der Waals surface area contributed by atoms with E-state index in [4.69, 9.17) is 33.7 Å². The molecule has 0 aliphatic rings. The smallest absolute Gasteiger partial charge is 0.340 e. The highest BCUT2D eigenvalue weighted by molar-refractivity contribution is 6.33. The zero-order valence-electron chi connectivity index (χ0n) is 13.9. The fraction of sp³-hybridized carbons (Fsp3) is 0.312. The van der Waals surface area contributed by atoms with Gasteiger partial charge < -0.3 is 20.5 Å². The van der Waals surface area contributed by atoms with Gasteiger partial charge in [0, 0.05) is 12.6 Å². The van der Waals surface area contributed by atoms with Gasteiger partial charge in [-0.3, -0.25) is 0 Å². The summed E-state index contributed by atoms with van der Waals surface area (Å²) < 4.78 is 23.7. The molecule has 26 heavy (non-hydrogen) atoms. The summed E-state index contributed by atoms with van der Waals surface area (Å²) in [5.41, 5.74) is 5.59. The maximum Gasteiger partial charge on any atom is 0.340 e. The highest BCUT2D eigenvalue weighted by atomic mass is 35.5. The van der Waals surface area contributed by atoms with Gasteiger partial charge in [-0.15, -0.1) is 0 Å². The van der Waals surface area contributed by atoms with Crippen LogP contribution in [0.15, 0.2) is 18.3 Å². The summed E-state index contributed by atoms with van der Waals surface area (Å²) in [4.78, 5) is 19.2. The van der Waals surface area contributed by atoms with Crippen LogP contribution in [0.1, 0.15) is 23.2 Å². The summed E-state index contributed by atoms with van der Waals surface area (Å²) in [6.45, 7) is 0.916. The SMILES string of the molecule is COC(=O)c1cc(OCCCCNc2nc(Cl)ncc2Cl)c(N)cc1F. The molecule has 0 radical (unpaired) electrons. The highest BCUT2D eigenvalue weighted by Gasteiger charge is 2.16. The number of halogens is 3. The van der Waals surface area contributed by atoms with E-state index in [-0.39, 0.29) is 22.3 Å². The largest absolute Gasteiger partial charge is 0.491 e. The molecule has 0 fully saturated rings. The van der Waals surface area contributed by atoms with E-state index in [1.165, 1.54) is 19.4 Å². The lowest BCUT2D eigenvalue weighted by Crippen LogP contribution is -2.09. The van der Waals surface area contributed by atoms with Crippen LogP contribution < -0.4 is 15.8 Å². The van der Waals surface area contributed by atoms with Gasteiger partial charge in [-0.2, -0.15) is 4.98 Å². The molecule has 1 aromatic carbocycles. The van der Waals surface area contributed by atoms with E-state index in [1.807, 2.05) is 0 Å². The molecule has 0 saturated heterocycles. The number of benzene rings is 1. The predicted molar refractivity (Wildman–Crippen MR) is 97.4 cm³/mol. The molecule has 7 nitrogen and oxygen atoms in total. The topological polar surface area (TPSA) is 99.4 Å². The number of hydrogen-bond acceptors (Lipinski definition) is 7. The maximum absolute atomic E-state index is 13.7.